The average Bonchev–Trinajstić information content (AvgIpc) is 3.15. The zero-order valence-corrected chi connectivity index (χ0v) is 15.0. The molecule has 0 spiro atoms. The predicted molar refractivity (Wildman–Crippen MR) is 96.0 cm³/mol. The van der Waals surface area contributed by atoms with Crippen molar-refractivity contribution in [1.82, 2.24) is 10.2 Å². The summed E-state index contributed by atoms with van der Waals surface area (Å²) in [7, 11) is 0. The Kier molecular flexibility index (Phi) is 6.25. The molecule has 1 heterocycles. The molecule has 1 aliphatic heterocycles. The lowest BCUT2D eigenvalue weighted by Gasteiger charge is -2.31. The number of carboxylic acids is 1. The summed E-state index contributed by atoms with van der Waals surface area (Å²) in [6, 6.07) is 6.33. The monoisotopic (exact) mass is 362 g/mol. The molecule has 3 rings (SSSR count). The van der Waals surface area contributed by atoms with Crippen LogP contribution in [0.3, 0.4) is 0 Å². The van der Waals surface area contributed by atoms with Crippen LogP contribution in [0.25, 0.3) is 0 Å². The second-order valence-electron chi connectivity index (χ2n) is 7.53. The molecule has 1 aliphatic carbocycles. The Balaban J connectivity index is 1.59. The molecule has 2 aliphatic rings. The maximum atomic E-state index is 13.3. The van der Waals surface area contributed by atoms with Gasteiger partial charge in [-0.2, -0.15) is 0 Å². The fourth-order valence-corrected chi connectivity index (χ4v) is 4.19. The van der Waals surface area contributed by atoms with Gasteiger partial charge in [0.1, 0.15) is 5.82 Å². The number of aliphatic carboxylic acids is 1. The van der Waals surface area contributed by atoms with Crippen LogP contribution in [0.2, 0.25) is 0 Å². The number of likely N-dealkylation sites (tertiary alicyclic amines) is 1. The Hall–Kier alpha value is -1.95. The highest BCUT2D eigenvalue weighted by Gasteiger charge is 2.29. The smallest absolute Gasteiger partial charge is 0.306 e. The number of halogens is 1. The molecule has 0 radical (unpaired) electrons. The van der Waals surface area contributed by atoms with Gasteiger partial charge in [-0.1, -0.05) is 25.0 Å². The van der Waals surface area contributed by atoms with E-state index < -0.39 is 5.97 Å². The van der Waals surface area contributed by atoms with Gasteiger partial charge in [-0.05, 0) is 62.4 Å². The third kappa shape index (κ3) is 4.81. The number of carbonyl (C=O) groups excluding carboxylic acids is 1. The van der Waals surface area contributed by atoms with E-state index in [1.54, 1.807) is 12.1 Å². The average molecular weight is 362 g/mol. The minimum absolute atomic E-state index is 0.0417. The Morgan fingerprint density at radius 2 is 1.73 bits per heavy atom. The third-order valence-electron chi connectivity index (χ3n) is 5.72. The molecule has 1 aromatic rings. The Morgan fingerprint density at radius 1 is 1.12 bits per heavy atom. The summed E-state index contributed by atoms with van der Waals surface area (Å²) >= 11 is 0. The molecule has 1 amide bonds. The van der Waals surface area contributed by atoms with Gasteiger partial charge in [-0.3, -0.25) is 14.5 Å². The van der Waals surface area contributed by atoms with Crippen molar-refractivity contribution in [2.45, 2.75) is 44.6 Å². The number of hydrogen-bond donors (Lipinski definition) is 2. The van der Waals surface area contributed by atoms with E-state index >= 15 is 0 Å². The van der Waals surface area contributed by atoms with Gasteiger partial charge in [0.15, 0.2) is 0 Å². The second kappa shape index (κ2) is 8.62. The standard InChI is InChI=1S/C20H27FN2O3/c21-17-7-5-15(6-8-17)19(14-3-1-2-4-14)22-18(24)13-23-11-9-16(10-12-23)20(25)26/h5-8,14,16,19H,1-4,9-13H2,(H,22,24)(H,25,26). The molecule has 1 atom stereocenters. The Labute approximate surface area is 153 Å². The molecule has 5 nitrogen and oxygen atoms in total. The van der Waals surface area contributed by atoms with E-state index in [1.807, 2.05) is 4.90 Å². The van der Waals surface area contributed by atoms with Crippen LogP contribution in [-0.2, 0) is 9.59 Å². The SMILES string of the molecule is O=C(CN1CCC(C(=O)O)CC1)NC(c1ccc(F)cc1)C1CCCC1. The summed E-state index contributed by atoms with van der Waals surface area (Å²) in [6.07, 6.45) is 5.67. The highest BCUT2D eigenvalue weighted by Crippen LogP contribution is 2.35. The van der Waals surface area contributed by atoms with Gasteiger partial charge < -0.3 is 10.4 Å². The molecule has 2 N–H and O–H groups in total. The summed E-state index contributed by atoms with van der Waals surface area (Å²) in [6.45, 7) is 1.56. The largest absolute Gasteiger partial charge is 0.481 e. The third-order valence-corrected chi connectivity index (χ3v) is 5.72. The normalized spacial score (nSPS) is 20.8. The lowest BCUT2D eigenvalue weighted by atomic mass is 9.91. The van der Waals surface area contributed by atoms with Gasteiger partial charge >= 0.3 is 5.97 Å². The van der Waals surface area contributed by atoms with Crippen molar-refractivity contribution >= 4 is 11.9 Å². The van der Waals surface area contributed by atoms with Crippen molar-refractivity contribution in [2.75, 3.05) is 19.6 Å². The molecule has 2 fully saturated rings. The molecule has 1 saturated carbocycles. The summed E-state index contributed by atoms with van der Waals surface area (Å²) in [5.41, 5.74) is 0.955. The van der Waals surface area contributed by atoms with Crippen molar-refractivity contribution < 1.29 is 19.1 Å². The first-order valence-corrected chi connectivity index (χ1v) is 9.53. The van der Waals surface area contributed by atoms with Crippen molar-refractivity contribution in [1.29, 1.82) is 0 Å². The summed E-state index contributed by atoms with van der Waals surface area (Å²) in [5.74, 6) is -0.958. The van der Waals surface area contributed by atoms with E-state index in [0.717, 1.165) is 18.4 Å². The molecule has 142 valence electrons. The maximum Gasteiger partial charge on any atom is 0.306 e. The number of nitrogens with one attached hydrogen (secondary N) is 1. The molecule has 1 unspecified atom stereocenters. The van der Waals surface area contributed by atoms with Crippen LogP contribution in [0.4, 0.5) is 4.39 Å². The molecule has 26 heavy (non-hydrogen) atoms. The predicted octanol–water partition coefficient (Wildman–Crippen LogP) is 2.97. The number of hydrogen-bond acceptors (Lipinski definition) is 3. The molecule has 6 heteroatoms. The van der Waals surface area contributed by atoms with Crippen LogP contribution >= 0.6 is 0 Å². The van der Waals surface area contributed by atoms with E-state index in [9.17, 15) is 14.0 Å². The van der Waals surface area contributed by atoms with Crippen LogP contribution in [0, 0.1) is 17.7 Å². The quantitative estimate of drug-likeness (QED) is 0.816. The maximum absolute atomic E-state index is 13.3. The van der Waals surface area contributed by atoms with Gasteiger partial charge in [0.05, 0.1) is 18.5 Å². The second-order valence-corrected chi connectivity index (χ2v) is 7.53. The minimum atomic E-state index is -0.744. The van der Waals surface area contributed by atoms with Crippen molar-refractivity contribution in [3.8, 4) is 0 Å². The van der Waals surface area contributed by atoms with Crippen LogP contribution in [0.5, 0.6) is 0 Å². The highest BCUT2D eigenvalue weighted by atomic mass is 19.1. The number of amides is 1. The van der Waals surface area contributed by atoms with Crippen molar-refractivity contribution in [3.05, 3.63) is 35.6 Å². The first-order valence-electron chi connectivity index (χ1n) is 9.53. The molecule has 1 saturated heterocycles. The number of carbonyl (C=O) groups is 2. The lowest BCUT2D eigenvalue weighted by Crippen LogP contribution is -2.44. The Morgan fingerprint density at radius 3 is 2.31 bits per heavy atom. The number of piperidine rings is 1. The zero-order chi connectivity index (χ0) is 18.5. The van der Waals surface area contributed by atoms with E-state index in [0.29, 0.717) is 31.8 Å². The molecular weight excluding hydrogens is 335 g/mol. The van der Waals surface area contributed by atoms with E-state index in [-0.39, 0.29) is 30.2 Å². The fraction of sp³-hybridized carbons (Fsp3) is 0.600. The van der Waals surface area contributed by atoms with Crippen LogP contribution < -0.4 is 5.32 Å². The minimum Gasteiger partial charge on any atom is -0.481 e. The Bertz CT molecular complexity index is 620. The van der Waals surface area contributed by atoms with Gasteiger partial charge in [-0.15, -0.1) is 0 Å². The topological polar surface area (TPSA) is 69.6 Å². The van der Waals surface area contributed by atoms with Gasteiger partial charge in [-0.25, -0.2) is 4.39 Å². The van der Waals surface area contributed by atoms with Crippen molar-refractivity contribution in [3.63, 3.8) is 0 Å². The summed E-state index contributed by atoms with van der Waals surface area (Å²) < 4.78 is 13.3. The first-order chi connectivity index (χ1) is 12.5. The highest BCUT2D eigenvalue weighted by molar-refractivity contribution is 5.78. The van der Waals surface area contributed by atoms with E-state index in [1.165, 1.54) is 25.0 Å². The van der Waals surface area contributed by atoms with Gasteiger partial charge in [0.25, 0.3) is 0 Å². The van der Waals surface area contributed by atoms with Crippen LogP contribution in [0.15, 0.2) is 24.3 Å². The summed E-state index contributed by atoms with van der Waals surface area (Å²) in [4.78, 5) is 25.6. The van der Waals surface area contributed by atoms with Crippen molar-refractivity contribution in [2.24, 2.45) is 11.8 Å². The zero-order valence-electron chi connectivity index (χ0n) is 15.0. The van der Waals surface area contributed by atoms with Gasteiger partial charge in [0, 0.05) is 0 Å². The van der Waals surface area contributed by atoms with E-state index in [2.05, 4.69) is 5.32 Å². The van der Waals surface area contributed by atoms with Crippen LogP contribution in [-0.4, -0.2) is 41.5 Å². The molecule has 0 aromatic heterocycles. The molecule has 1 aromatic carbocycles. The van der Waals surface area contributed by atoms with Gasteiger partial charge in [0.2, 0.25) is 5.91 Å². The van der Waals surface area contributed by atoms with E-state index in [4.69, 9.17) is 5.11 Å². The number of benzene rings is 1. The summed E-state index contributed by atoms with van der Waals surface area (Å²) in [5, 5.41) is 12.2. The molecule has 0 bridgehead atoms. The lowest BCUT2D eigenvalue weighted by molar-refractivity contribution is -0.143. The van der Waals surface area contributed by atoms with Crippen LogP contribution in [0.1, 0.15) is 50.1 Å². The number of carboxylic acid groups (broad SMARTS) is 1. The fourth-order valence-electron chi connectivity index (χ4n) is 4.19. The molecular formula is C20H27FN2O3. The number of nitrogens with zero attached hydrogens (tertiary/aromatic N) is 1. The number of rotatable bonds is 6. The first kappa shape index (κ1) is 18.8.